The van der Waals surface area contributed by atoms with E-state index in [9.17, 15) is 0 Å². The molecule has 1 aliphatic heterocycles. The molecule has 1 saturated heterocycles. The first-order valence-electron chi connectivity index (χ1n) is 9.71. The Bertz CT molecular complexity index is 779. The van der Waals surface area contributed by atoms with Crippen LogP contribution in [-0.4, -0.2) is 44.0 Å². The van der Waals surface area contributed by atoms with Gasteiger partial charge in [-0.15, -0.1) is 11.3 Å². The van der Waals surface area contributed by atoms with Crippen molar-refractivity contribution in [1.29, 1.82) is 0 Å². The molecule has 1 aliphatic carbocycles. The Balaban J connectivity index is 1.59. The summed E-state index contributed by atoms with van der Waals surface area (Å²) in [5, 5.41) is 5.71. The molecule has 0 spiro atoms. The smallest absolute Gasteiger partial charge is 0.119 e. The highest BCUT2D eigenvalue weighted by atomic mass is 32.1. The van der Waals surface area contributed by atoms with Crippen molar-refractivity contribution in [1.82, 2.24) is 4.90 Å². The summed E-state index contributed by atoms with van der Waals surface area (Å²) in [6.07, 6.45) is 7.97. The van der Waals surface area contributed by atoms with Crippen LogP contribution >= 0.6 is 11.3 Å². The first kappa shape index (κ1) is 17.8. The molecule has 140 valence electrons. The van der Waals surface area contributed by atoms with Gasteiger partial charge >= 0.3 is 0 Å². The Labute approximate surface area is 159 Å². The van der Waals surface area contributed by atoms with Gasteiger partial charge < -0.3 is 9.57 Å². The Morgan fingerprint density at radius 3 is 2.73 bits per heavy atom. The fourth-order valence-corrected chi connectivity index (χ4v) is 5.63. The standard InChI is InChI=1S/C21H28N2O2S/c1-24-18-9-10-19-16(12-18)13-20(26-19)21(22-25-2)15-6-5-11-23(14-15)17-7-3-4-8-17/h9-10,12-13,15,17H,3-8,11,14H2,1-2H3/b22-21+. The van der Waals surface area contributed by atoms with Crippen molar-refractivity contribution in [3.63, 3.8) is 0 Å². The molecule has 1 saturated carbocycles. The average Bonchev–Trinajstić information content (AvgIpc) is 3.35. The lowest BCUT2D eigenvalue weighted by Crippen LogP contribution is -2.43. The maximum atomic E-state index is 5.37. The quantitative estimate of drug-likeness (QED) is 0.552. The van der Waals surface area contributed by atoms with Gasteiger partial charge in [0.1, 0.15) is 18.6 Å². The highest BCUT2D eigenvalue weighted by Gasteiger charge is 2.31. The van der Waals surface area contributed by atoms with E-state index >= 15 is 0 Å². The van der Waals surface area contributed by atoms with Crippen LogP contribution in [0, 0.1) is 5.92 Å². The zero-order valence-electron chi connectivity index (χ0n) is 15.7. The van der Waals surface area contributed by atoms with Crippen LogP contribution in [-0.2, 0) is 4.84 Å². The second-order valence-electron chi connectivity index (χ2n) is 7.45. The van der Waals surface area contributed by atoms with Gasteiger partial charge in [0, 0.05) is 23.2 Å². The molecule has 0 N–H and O–H groups in total. The fraction of sp³-hybridized carbons (Fsp3) is 0.571. The number of fused-ring (bicyclic) bond motifs is 1. The van der Waals surface area contributed by atoms with E-state index in [1.165, 1.54) is 60.0 Å². The van der Waals surface area contributed by atoms with Gasteiger partial charge in [0.05, 0.1) is 12.0 Å². The summed E-state index contributed by atoms with van der Waals surface area (Å²) in [7, 11) is 3.37. The van der Waals surface area contributed by atoms with Crippen molar-refractivity contribution in [2.75, 3.05) is 27.3 Å². The Hall–Kier alpha value is -1.59. The van der Waals surface area contributed by atoms with Gasteiger partial charge in [-0.2, -0.15) is 0 Å². The van der Waals surface area contributed by atoms with Crippen molar-refractivity contribution in [2.24, 2.45) is 11.1 Å². The molecule has 1 unspecified atom stereocenters. The van der Waals surface area contributed by atoms with Gasteiger partial charge in [-0.25, -0.2) is 0 Å². The van der Waals surface area contributed by atoms with E-state index in [0.717, 1.165) is 24.0 Å². The van der Waals surface area contributed by atoms with Crippen LogP contribution in [0.3, 0.4) is 0 Å². The SMILES string of the molecule is CO/N=C(/c1cc2cc(OC)ccc2s1)C1CCCN(C2CCCC2)C1. The largest absolute Gasteiger partial charge is 0.497 e. The number of oxime groups is 1. The van der Waals surface area contributed by atoms with Gasteiger partial charge in [-0.05, 0) is 61.9 Å². The van der Waals surface area contributed by atoms with E-state index in [2.05, 4.69) is 28.3 Å². The van der Waals surface area contributed by atoms with Crippen LogP contribution in [0.2, 0.25) is 0 Å². The van der Waals surface area contributed by atoms with Gasteiger partial charge in [-0.3, -0.25) is 4.90 Å². The fourth-order valence-electron chi connectivity index (χ4n) is 4.52. The van der Waals surface area contributed by atoms with E-state index in [1.807, 2.05) is 6.07 Å². The lowest BCUT2D eigenvalue weighted by Gasteiger charge is -2.36. The lowest BCUT2D eigenvalue weighted by atomic mass is 9.91. The Kier molecular flexibility index (Phi) is 5.46. The van der Waals surface area contributed by atoms with Crippen LogP contribution in [0.4, 0.5) is 0 Å². The van der Waals surface area contributed by atoms with Crippen molar-refractivity contribution < 1.29 is 9.57 Å². The molecular formula is C21H28N2O2S. The third-order valence-electron chi connectivity index (χ3n) is 5.85. The molecule has 2 aromatic rings. The van der Waals surface area contributed by atoms with Gasteiger partial charge in [0.25, 0.3) is 0 Å². The van der Waals surface area contributed by atoms with Gasteiger partial charge in [-0.1, -0.05) is 18.0 Å². The van der Waals surface area contributed by atoms with E-state index in [-0.39, 0.29) is 0 Å². The van der Waals surface area contributed by atoms with Crippen LogP contribution in [0.15, 0.2) is 29.4 Å². The maximum Gasteiger partial charge on any atom is 0.119 e. The molecule has 5 heteroatoms. The van der Waals surface area contributed by atoms with Crippen LogP contribution in [0.5, 0.6) is 5.75 Å². The number of likely N-dealkylation sites (tertiary alicyclic amines) is 1. The Morgan fingerprint density at radius 2 is 1.96 bits per heavy atom. The van der Waals surface area contributed by atoms with Crippen LogP contribution < -0.4 is 4.74 Å². The van der Waals surface area contributed by atoms with Gasteiger partial charge in [0.2, 0.25) is 0 Å². The summed E-state index contributed by atoms with van der Waals surface area (Å²) in [5.74, 6) is 1.36. The summed E-state index contributed by atoms with van der Waals surface area (Å²) in [6, 6.07) is 9.30. The van der Waals surface area contributed by atoms with E-state index in [0.29, 0.717) is 5.92 Å². The number of hydrogen-bond donors (Lipinski definition) is 0. The molecule has 0 bridgehead atoms. The predicted octanol–water partition coefficient (Wildman–Crippen LogP) is 4.92. The van der Waals surface area contributed by atoms with Crippen molar-refractivity contribution in [3.8, 4) is 5.75 Å². The number of rotatable bonds is 5. The molecule has 2 aliphatic rings. The molecule has 4 rings (SSSR count). The minimum atomic E-state index is 0.458. The van der Waals surface area contributed by atoms with Crippen LogP contribution in [0.1, 0.15) is 43.4 Å². The molecule has 26 heavy (non-hydrogen) atoms. The molecule has 0 radical (unpaired) electrons. The zero-order valence-corrected chi connectivity index (χ0v) is 16.6. The molecule has 4 nitrogen and oxygen atoms in total. The average molecular weight is 373 g/mol. The first-order chi connectivity index (χ1) is 12.8. The second kappa shape index (κ2) is 7.97. The topological polar surface area (TPSA) is 34.1 Å². The molecule has 0 amide bonds. The lowest BCUT2D eigenvalue weighted by molar-refractivity contribution is 0.143. The first-order valence-corrected chi connectivity index (χ1v) is 10.5. The molecule has 1 aromatic heterocycles. The zero-order chi connectivity index (χ0) is 17.9. The van der Waals surface area contributed by atoms with Crippen molar-refractivity contribution in [3.05, 3.63) is 29.1 Å². The predicted molar refractivity (Wildman–Crippen MR) is 108 cm³/mol. The molecular weight excluding hydrogens is 344 g/mol. The number of piperidine rings is 1. The highest BCUT2D eigenvalue weighted by Crippen LogP contribution is 2.34. The third-order valence-corrected chi connectivity index (χ3v) is 6.98. The number of benzene rings is 1. The summed E-state index contributed by atoms with van der Waals surface area (Å²) >= 11 is 1.81. The minimum absolute atomic E-state index is 0.458. The van der Waals surface area contributed by atoms with Crippen molar-refractivity contribution >= 4 is 27.1 Å². The second-order valence-corrected chi connectivity index (χ2v) is 8.53. The molecule has 2 fully saturated rings. The summed E-state index contributed by atoms with van der Waals surface area (Å²) in [4.78, 5) is 9.21. The summed E-state index contributed by atoms with van der Waals surface area (Å²) < 4.78 is 6.64. The van der Waals surface area contributed by atoms with Gasteiger partial charge in [0.15, 0.2) is 0 Å². The van der Waals surface area contributed by atoms with E-state index < -0.39 is 0 Å². The normalized spacial score (nSPS) is 22.8. The summed E-state index contributed by atoms with van der Waals surface area (Å²) in [6.45, 7) is 2.36. The van der Waals surface area contributed by atoms with Crippen LogP contribution in [0.25, 0.3) is 10.1 Å². The summed E-state index contributed by atoms with van der Waals surface area (Å²) in [5.41, 5.74) is 1.12. The number of thiophene rings is 1. The number of methoxy groups -OCH3 is 1. The number of hydrogen-bond acceptors (Lipinski definition) is 5. The maximum absolute atomic E-state index is 5.37. The monoisotopic (exact) mass is 372 g/mol. The van der Waals surface area contributed by atoms with E-state index in [4.69, 9.17) is 9.57 Å². The highest BCUT2D eigenvalue weighted by molar-refractivity contribution is 7.20. The molecule has 1 aromatic carbocycles. The molecule has 2 heterocycles. The Morgan fingerprint density at radius 1 is 1.12 bits per heavy atom. The molecule has 1 atom stereocenters. The number of ether oxygens (including phenoxy) is 1. The van der Waals surface area contributed by atoms with Crippen molar-refractivity contribution in [2.45, 2.75) is 44.6 Å². The van der Waals surface area contributed by atoms with E-state index in [1.54, 1.807) is 25.6 Å². The number of nitrogens with zero attached hydrogens (tertiary/aromatic N) is 2. The third kappa shape index (κ3) is 3.60. The minimum Gasteiger partial charge on any atom is -0.497 e.